The summed E-state index contributed by atoms with van der Waals surface area (Å²) in [6, 6.07) is 0. The van der Waals surface area contributed by atoms with Gasteiger partial charge in [0.25, 0.3) is 0 Å². The molecule has 0 saturated carbocycles. The van der Waals surface area contributed by atoms with Gasteiger partial charge in [0.15, 0.2) is 0 Å². The van der Waals surface area contributed by atoms with Gasteiger partial charge in [-0.25, -0.2) is 0 Å². The molecule has 0 aromatic carbocycles. The summed E-state index contributed by atoms with van der Waals surface area (Å²) in [6.07, 6.45) is 49.4. The van der Waals surface area contributed by atoms with Gasteiger partial charge in [0.1, 0.15) is 0 Å². The van der Waals surface area contributed by atoms with Crippen LogP contribution in [0, 0.1) is 0 Å². The molecule has 0 heteroatoms. The molecule has 0 bridgehead atoms. The van der Waals surface area contributed by atoms with E-state index in [1.54, 1.807) is 0 Å². The molecule has 0 aliphatic carbocycles. The van der Waals surface area contributed by atoms with Gasteiger partial charge < -0.3 is 0 Å². The quantitative estimate of drug-likeness (QED) is 0.0746. The molecule has 0 aromatic rings. The van der Waals surface area contributed by atoms with Crippen LogP contribution in [0.1, 0.15) is 194 Å². The second-order valence-electron chi connectivity index (χ2n) is 10.9. The number of hydrogen-bond donors (Lipinski definition) is 0. The molecule has 0 aromatic heterocycles. The first-order chi connectivity index (χ1) is 16.9. The molecule has 202 valence electrons. The summed E-state index contributed by atoms with van der Waals surface area (Å²) in [6.45, 7) is 4.59. The van der Waals surface area contributed by atoms with Crippen molar-refractivity contribution in [1.82, 2.24) is 0 Å². The molecular formula is C34H66. The van der Waals surface area contributed by atoms with Crippen molar-refractivity contribution in [2.45, 2.75) is 194 Å². The van der Waals surface area contributed by atoms with E-state index in [1.807, 2.05) is 0 Å². The van der Waals surface area contributed by atoms with E-state index in [9.17, 15) is 0 Å². The van der Waals surface area contributed by atoms with Crippen molar-refractivity contribution < 1.29 is 0 Å². The first-order valence-electron chi connectivity index (χ1n) is 16.2. The van der Waals surface area contributed by atoms with Gasteiger partial charge in [-0.3, -0.25) is 0 Å². The molecule has 0 unspecified atom stereocenters. The Morgan fingerprint density at radius 3 is 0.647 bits per heavy atom. The van der Waals surface area contributed by atoms with Crippen LogP contribution in [0.2, 0.25) is 0 Å². The first-order valence-corrected chi connectivity index (χ1v) is 16.2. The minimum Gasteiger partial charge on any atom is -0.0885 e. The maximum Gasteiger partial charge on any atom is -0.0351 e. The predicted octanol–water partition coefficient (Wildman–Crippen LogP) is 13.1. The lowest BCUT2D eigenvalue weighted by Gasteiger charge is -2.02. The van der Waals surface area contributed by atoms with Gasteiger partial charge in [-0.1, -0.05) is 167 Å². The number of rotatable bonds is 29. The number of hydrogen-bond acceptors (Lipinski definition) is 0. The molecule has 0 nitrogen and oxygen atoms in total. The van der Waals surface area contributed by atoms with E-state index < -0.39 is 0 Å². The Morgan fingerprint density at radius 1 is 0.235 bits per heavy atom. The van der Waals surface area contributed by atoms with Crippen LogP contribution >= 0.6 is 0 Å². The van der Waals surface area contributed by atoms with Crippen LogP contribution in [0.25, 0.3) is 0 Å². The van der Waals surface area contributed by atoms with Crippen molar-refractivity contribution in [3.63, 3.8) is 0 Å². The zero-order valence-corrected chi connectivity index (χ0v) is 24.1. The fourth-order valence-electron chi connectivity index (χ4n) is 4.85. The molecule has 0 saturated heterocycles. The van der Waals surface area contributed by atoms with Crippen LogP contribution in [0.15, 0.2) is 24.3 Å². The normalized spacial score (nSPS) is 11.9. The van der Waals surface area contributed by atoms with E-state index in [-0.39, 0.29) is 0 Å². The average molecular weight is 475 g/mol. The number of unbranched alkanes of at least 4 members (excludes halogenated alkanes) is 25. The van der Waals surface area contributed by atoms with Gasteiger partial charge in [-0.15, -0.1) is 0 Å². The highest BCUT2D eigenvalue weighted by atomic mass is 14.0. The SMILES string of the molecule is CCCCCCC=CCCCCCCCCCC=CCCCCCCCCCCCCCCC. The Balaban J connectivity index is 3.11. The van der Waals surface area contributed by atoms with Gasteiger partial charge >= 0.3 is 0 Å². The van der Waals surface area contributed by atoms with Crippen molar-refractivity contribution in [2.24, 2.45) is 0 Å². The topological polar surface area (TPSA) is 0 Å². The van der Waals surface area contributed by atoms with Crippen LogP contribution in [0.4, 0.5) is 0 Å². The predicted molar refractivity (Wildman–Crippen MR) is 159 cm³/mol. The third-order valence-corrected chi connectivity index (χ3v) is 7.27. The zero-order valence-electron chi connectivity index (χ0n) is 24.1. The fraction of sp³-hybridized carbons (Fsp3) is 0.882. The monoisotopic (exact) mass is 475 g/mol. The van der Waals surface area contributed by atoms with Gasteiger partial charge in [0.2, 0.25) is 0 Å². The van der Waals surface area contributed by atoms with Gasteiger partial charge in [-0.05, 0) is 51.4 Å². The van der Waals surface area contributed by atoms with Gasteiger partial charge in [-0.2, -0.15) is 0 Å². The minimum atomic E-state index is 1.30. The van der Waals surface area contributed by atoms with Gasteiger partial charge in [0, 0.05) is 0 Å². The Labute approximate surface area is 217 Å². The molecular weight excluding hydrogens is 408 g/mol. The van der Waals surface area contributed by atoms with E-state index in [4.69, 9.17) is 0 Å². The molecule has 0 aliphatic rings. The Bertz CT molecular complexity index is 391. The molecule has 0 heterocycles. The third kappa shape index (κ3) is 31.5. The van der Waals surface area contributed by atoms with E-state index in [1.165, 1.54) is 180 Å². The third-order valence-electron chi connectivity index (χ3n) is 7.27. The van der Waals surface area contributed by atoms with Crippen LogP contribution in [-0.2, 0) is 0 Å². The maximum atomic E-state index is 2.45. The van der Waals surface area contributed by atoms with Crippen LogP contribution in [0.5, 0.6) is 0 Å². The van der Waals surface area contributed by atoms with E-state index >= 15 is 0 Å². The molecule has 0 aliphatic heterocycles. The lowest BCUT2D eigenvalue weighted by atomic mass is 10.0. The molecule has 0 radical (unpaired) electrons. The lowest BCUT2D eigenvalue weighted by molar-refractivity contribution is 0.540. The maximum absolute atomic E-state index is 2.45. The fourth-order valence-corrected chi connectivity index (χ4v) is 4.85. The Hall–Kier alpha value is -0.520. The molecule has 0 atom stereocenters. The smallest absolute Gasteiger partial charge is 0.0351 e. The van der Waals surface area contributed by atoms with Gasteiger partial charge in [0.05, 0.1) is 0 Å². The minimum absolute atomic E-state index is 1.30. The summed E-state index contributed by atoms with van der Waals surface area (Å²) < 4.78 is 0. The Morgan fingerprint density at radius 2 is 0.412 bits per heavy atom. The van der Waals surface area contributed by atoms with E-state index in [0.717, 1.165) is 0 Å². The van der Waals surface area contributed by atoms with Crippen molar-refractivity contribution >= 4 is 0 Å². The van der Waals surface area contributed by atoms with Crippen molar-refractivity contribution in [3.8, 4) is 0 Å². The second-order valence-corrected chi connectivity index (χ2v) is 10.9. The number of allylic oxidation sites excluding steroid dienone is 4. The summed E-state index contributed by atoms with van der Waals surface area (Å²) in [5.74, 6) is 0. The molecule has 0 spiro atoms. The second kappa shape index (κ2) is 32.5. The standard InChI is InChI=1S/C34H66/c1-3-5-7-9-11-13-15-17-19-21-23-25-27-29-31-33-34-32-30-28-26-24-22-20-18-16-14-12-10-8-6-4-2/h13,15,32,34H,3-12,14,16-31,33H2,1-2H3. The summed E-state index contributed by atoms with van der Waals surface area (Å²) in [5, 5.41) is 0. The molecule has 0 rings (SSSR count). The van der Waals surface area contributed by atoms with Crippen LogP contribution in [0.3, 0.4) is 0 Å². The highest BCUT2D eigenvalue weighted by molar-refractivity contribution is 4.82. The highest BCUT2D eigenvalue weighted by Crippen LogP contribution is 2.14. The van der Waals surface area contributed by atoms with E-state index in [2.05, 4.69) is 38.2 Å². The lowest BCUT2D eigenvalue weighted by Crippen LogP contribution is -1.82. The molecule has 0 N–H and O–H groups in total. The van der Waals surface area contributed by atoms with Crippen LogP contribution in [-0.4, -0.2) is 0 Å². The van der Waals surface area contributed by atoms with Crippen molar-refractivity contribution in [3.05, 3.63) is 24.3 Å². The summed E-state index contributed by atoms with van der Waals surface area (Å²) in [5.41, 5.74) is 0. The summed E-state index contributed by atoms with van der Waals surface area (Å²) in [7, 11) is 0. The van der Waals surface area contributed by atoms with Crippen molar-refractivity contribution in [1.29, 1.82) is 0 Å². The van der Waals surface area contributed by atoms with Crippen LogP contribution < -0.4 is 0 Å². The van der Waals surface area contributed by atoms with E-state index in [0.29, 0.717) is 0 Å². The summed E-state index contributed by atoms with van der Waals surface area (Å²) >= 11 is 0. The zero-order chi connectivity index (χ0) is 24.6. The first kappa shape index (κ1) is 33.5. The highest BCUT2D eigenvalue weighted by Gasteiger charge is 1.94. The van der Waals surface area contributed by atoms with Crippen molar-refractivity contribution in [2.75, 3.05) is 0 Å². The average Bonchev–Trinajstić information content (AvgIpc) is 2.85. The Kier molecular flexibility index (Phi) is 32.0. The largest absolute Gasteiger partial charge is 0.0885 e. The summed E-state index contributed by atoms with van der Waals surface area (Å²) in [4.78, 5) is 0. The molecule has 34 heavy (non-hydrogen) atoms. The molecule has 0 fully saturated rings. The molecule has 0 amide bonds.